The van der Waals surface area contributed by atoms with Gasteiger partial charge in [0.15, 0.2) is 11.5 Å². The minimum atomic E-state index is 0.493. The molecule has 1 aromatic rings. The largest absolute Gasteiger partial charge is 0.496 e. The molecule has 0 aliphatic rings. The monoisotopic (exact) mass is 281 g/mol. The highest BCUT2D eigenvalue weighted by Crippen LogP contribution is 2.34. The predicted molar refractivity (Wildman–Crippen MR) is 81.9 cm³/mol. The molecule has 0 saturated carbocycles. The fourth-order valence-electron chi connectivity index (χ4n) is 2.32. The van der Waals surface area contributed by atoms with Gasteiger partial charge in [-0.15, -0.1) is 0 Å². The zero-order valence-electron chi connectivity index (χ0n) is 13.4. The van der Waals surface area contributed by atoms with Crippen molar-refractivity contribution in [2.75, 3.05) is 21.3 Å². The summed E-state index contributed by atoms with van der Waals surface area (Å²) in [7, 11) is 4.94. The zero-order chi connectivity index (χ0) is 15.1. The molecule has 1 N–H and O–H groups in total. The van der Waals surface area contributed by atoms with Crippen molar-refractivity contribution in [3.05, 3.63) is 17.7 Å². The van der Waals surface area contributed by atoms with Crippen LogP contribution >= 0.6 is 0 Å². The third-order valence-electron chi connectivity index (χ3n) is 3.59. The molecule has 0 fully saturated rings. The van der Waals surface area contributed by atoms with E-state index in [1.807, 2.05) is 12.1 Å². The lowest BCUT2D eigenvalue weighted by Crippen LogP contribution is -2.32. The molecule has 1 unspecified atom stereocenters. The van der Waals surface area contributed by atoms with E-state index in [0.717, 1.165) is 30.0 Å². The number of ether oxygens (including phenoxy) is 3. The maximum Gasteiger partial charge on any atom is 0.164 e. The van der Waals surface area contributed by atoms with Crippen LogP contribution in [0.5, 0.6) is 17.2 Å². The van der Waals surface area contributed by atoms with Gasteiger partial charge in [-0.05, 0) is 18.4 Å². The van der Waals surface area contributed by atoms with Crippen LogP contribution in [0.3, 0.4) is 0 Å². The Labute approximate surface area is 122 Å². The summed E-state index contributed by atoms with van der Waals surface area (Å²) in [5, 5.41) is 3.57. The molecule has 20 heavy (non-hydrogen) atoms. The lowest BCUT2D eigenvalue weighted by Gasteiger charge is -2.22. The van der Waals surface area contributed by atoms with Gasteiger partial charge >= 0.3 is 0 Å². The van der Waals surface area contributed by atoms with E-state index >= 15 is 0 Å². The van der Waals surface area contributed by atoms with Gasteiger partial charge in [-0.3, -0.25) is 0 Å². The summed E-state index contributed by atoms with van der Waals surface area (Å²) in [4.78, 5) is 0. The Bertz CT molecular complexity index is 418. The minimum absolute atomic E-state index is 0.493. The van der Waals surface area contributed by atoms with Gasteiger partial charge in [0, 0.05) is 24.2 Å². The second-order valence-corrected chi connectivity index (χ2v) is 5.16. The number of hydrogen-bond acceptors (Lipinski definition) is 4. The van der Waals surface area contributed by atoms with Gasteiger partial charge in [-0.25, -0.2) is 0 Å². The van der Waals surface area contributed by atoms with Crippen LogP contribution in [0.4, 0.5) is 0 Å². The van der Waals surface area contributed by atoms with Gasteiger partial charge in [0.2, 0.25) is 0 Å². The first-order chi connectivity index (χ1) is 9.57. The molecule has 1 atom stereocenters. The number of methoxy groups -OCH3 is 3. The summed E-state index contributed by atoms with van der Waals surface area (Å²) in [6, 6.07) is 4.33. The number of hydrogen-bond donors (Lipinski definition) is 1. The molecule has 114 valence electrons. The molecule has 1 rings (SSSR count). The van der Waals surface area contributed by atoms with Crippen LogP contribution in [0.25, 0.3) is 0 Å². The highest BCUT2D eigenvalue weighted by atomic mass is 16.5. The number of benzene rings is 1. The summed E-state index contributed by atoms with van der Waals surface area (Å²) < 4.78 is 16.1. The Balaban J connectivity index is 2.93. The van der Waals surface area contributed by atoms with Crippen molar-refractivity contribution in [1.29, 1.82) is 0 Å². The van der Waals surface area contributed by atoms with Crippen molar-refractivity contribution in [3.63, 3.8) is 0 Å². The van der Waals surface area contributed by atoms with Gasteiger partial charge in [-0.1, -0.05) is 20.8 Å². The van der Waals surface area contributed by atoms with Gasteiger partial charge in [0.25, 0.3) is 0 Å². The molecule has 0 bridgehead atoms. The lowest BCUT2D eigenvalue weighted by atomic mass is 10.0. The van der Waals surface area contributed by atoms with Crippen LogP contribution in [0.2, 0.25) is 0 Å². The van der Waals surface area contributed by atoms with Crippen molar-refractivity contribution in [2.24, 2.45) is 5.92 Å². The van der Waals surface area contributed by atoms with E-state index in [0.29, 0.717) is 17.7 Å². The van der Waals surface area contributed by atoms with E-state index < -0.39 is 0 Å². The van der Waals surface area contributed by atoms with E-state index in [1.54, 1.807) is 21.3 Å². The second-order valence-electron chi connectivity index (χ2n) is 5.16. The van der Waals surface area contributed by atoms with Crippen molar-refractivity contribution in [3.8, 4) is 17.2 Å². The predicted octanol–water partition coefficient (Wildman–Crippen LogP) is 3.24. The SMILES string of the molecule is CCC(NCc1cc(OC)c(OC)cc1OC)C(C)C. The molecule has 0 spiro atoms. The molecule has 0 amide bonds. The molecular formula is C16H27NO3. The van der Waals surface area contributed by atoms with E-state index in [2.05, 4.69) is 26.1 Å². The Kier molecular flexibility index (Phi) is 6.65. The number of rotatable bonds is 8. The van der Waals surface area contributed by atoms with E-state index in [-0.39, 0.29) is 0 Å². The fourth-order valence-corrected chi connectivity index (χ4v) is 2.32. The van der Waals surface area contributed by atoms with Crippen LogP contribution in [-0.4, -0.2) is 27.4 Å². The molecular weight excluding hydrogens is 254 g/mol. The number of nitrogens with one attached hydrogen (secondary N) is 1. The van der Waals surface area contributed by atoms with Gasteiger partial charge in [0.1, 0.15) is 5.75 Å². The van der Waals surface area contributed by atoms with Crippen LogP contribution in [0.15, 0.2) is 12.1 Å². The third-order valence-corrected chi connectivity index (χ3v) is 3.59. The fraction of sp³-hybridized carbons (Fsp3) is 0.625. The van der Waals surface area contributed by atoms with Crippen LogP contribution in [0.1, 0.15) is 32.8 Å². The smallest absolute Gasteiger partial charge is 0.164 e. The third kappa shape index (κ3) is 4.04. The minimum Gasteiger partial charge on any atom is -0.496 e. The van der Waals surface area contributed by atoms with Crippen LogP contribution in [0, 0.1) is 5.92 Å². The summed E-state index contributed by atoms with van der Waals surface area (Å²) >= 11 is 0. The summed E-state index contributed by atoms with van der Waals surface area (Å²) in [5.41, 5.74) is 1.07. The standard InChI is InChI=1S/C16H27NO3/c1-7-13(11(2)3)17-10-12-8-15(19-5)16(20-6)9-14(12)18-4/h8-9,11,13,17H,7,10H2,1-6H3. The van der Waals surface area contributed by atoms with Gasteiger partial charge < -0.3 is 19.5 Å². The molecule has 0 radical (unpaired) electrons. The van der Waals surface area contributed by atoms with E-state index in [1.165, 1.54) is 0 Å². The van der Waals surface area contributed by atoms with Crippen LogP contribution in [-0.2, 0) is 6.54 Å². The van der Waals surface area contributed by atoms with Gasteiger partial charge in [0.05, 0.1) is 21.3 Å². The molecule has 4 nitrogen and oxygen atoms in total. The van der Waals surface area contributed by atoms with Crippen molar-refractivity contribution >= 4 is 0 Å². The van der Waals surface area contributed by atoms with E-state index in [4.69, 9.17) is 14.2 Å². The molecule has 4 heteroatoms. The topological polar surface area (TPSA) is 39.7 Å². The van der Waals surface area contributed by atoms with Crippen molar-refractivity contribution in [1.82, 2.24) is 5.32 Å². The zero-order valence-corrected chi connectivity index (χ0v) is 13.4. The summed E-state index contributed by atoms with van der Waals surface area (Å²) in [5.74, 6) is 2.83. The van der Waals surface area contributed by atoms with Gasteiger partial charge in [-0.2, -0.15) is 0 Å². The first-order valence-electron chi connectivity index (χ1n) is 7.09. The molecule has 0 aromatic heterocycles. The summed E-state index contributed by atoms with van der Waals surface area (Å²) in [6.07, 6.45) is 1.10. The second kappa shape index (κ2) is 8.00. The van der Waals surface area contributed by atoms with Crippen molar-refractivity contribution in [2.45, 2.75) is 39.8 Å². The first kappa shape index (κ1) is 16.6. The highest BCUT2D eigenvalue weighted by Gasteiger charge is 2.14. The maximum atomic E-state index is 5.44. The molecule has 0 aliphatic carbocycles. The quantitative estimate of drug-likeness (QED) is 0.794. The molecule has 1 aromatic carbocycles. The first-order valence-corrected chi connectivity index (χ1v) is 7.09. The average molecular weight is 281 g/mol. The van der Waals surface area contributed by atoms with E-state index in [9.17, 15) is 0 Å². The average Bonchev–Trinajstić information content (AvgIpc) is 2.46. The molecule has 0 heterocycles. The molecule has 0 saturated heterocycles. The van der Waals surface area contributed by atoms with Crippen LogP contribution < -0.4 is 19.5 Å². The summed E-state index contributed by atoms with van der Waals surface area (Å²) in [6.45, 7) is 7.41. The Morgan fingerprint density at radius 1 is 0.950 bits per heavy atom. The van der Waals surface area contributed by atoms with Crippen molar-refractivity contribution < 1.29 is 14.2 Å². The lowest BCUT2D eigenvalue weighted by molar-refractivity contribution is 0.344. The molecule has 0 aliphatic heterocycles. The Morgan fingerprint density at radius 3 is 1.95 bits per heavy atom. The maximum absolute atomic E-state index is 5.44. The normalized spacial score (nSPS) is 12.3. The Hall–Kier alpha value is -1.42. The highest BCUT2D eigenvalue weighted by molar-refractivity contribution is 5.50. The Morgan fingerprint density at radius 2 is 1.50 bits per heavy atom.